The third-order valence-corrected chi connectivity index (χ3v) is 15.4. The highest BCUT2D eigenvalue weighted by Crippen LogP contribution is 2.53. The second-order valence-corrected chi connectivity index (χ2v) is 19.6. The Morgan fingerprint density at radius 3 is 1.62 bits per heavy atom. The van der Waals surface area contributed by atoms with Crippen LogP contribution in [-0.4, -0.2) is 0 Å². The van der Waals surface area contributed by atoms with Crippen molar-refractivity contribution >= 4 is 79.0 Å². The monoisotopic (exact) mass is 880 g/mol. The summed E-state index contributed by atoms with van der Waals surface area (Å²) in [5.74, 6) is 0. The van der Waals surface area contributed by atoms with Crippen LogP contribution in [0.1, 0.15) is 54.5 Å². The molecule has 0 radical (unpaired) electrons. The summed E-state index contributed by atoms with van der Waals surface area (Å²) >= 11 is 0. The maximum Gasteiger partial charge on any atom is 0.0534 e. The number of nitrogens with zero attached hydrogens (tertiary/aromatic N) is 2. The van der Waals surface area contributed by atoms with E-state index in [1.165, 1.54) is 110 Å². The van der Waals surface area contributed by atoms with Crippen LogP contribution in [0.25, 0.3) is 83.9 Å². The zero-order chi connectivity index (χ0) is 45.8. The Morgan fingerprint density at radius 2 is 0.928 bits per heavy atom. The van der Waals surface area contributed by atoms with Gasteiger partial charge in [-0.15, -0.1) is 0 Å². The number of benzene rings is 10. The van der Waals surface area contributed by atoms with Gasteiger partial charge in [0.15, 0.2) is 0 Å². The number of allylic oxidation sites excluding steroid dienone is 4. The van der Waals surface area contributed by atoms with E-state index in [1.807, 2.05) is 0 Å². The molecule has 10 aromatic carbocycles. The first-order chi connectivity index (χ1) is 34.0. The van der Waals surface area contributed by atoms with Gasteiger partial charge < -0.3 is 9.80 Å². The van der Waals surface area contributed by atoms with Gasteiger partial charge in [-0.1, -0.05) is 184 Å². The van der Waals surface area contributed by atoms with Crippen LogP contribution in [0, 0.1) is 0 Å². The largest absolute Gasteiger partial charge is 0.310 e. The van der Waals surface area contributed by atoms with Crippen molar-refractivity contribution in [2.24, 2.45) is 0 Å². The van der Waals surface area contributed by atoms with E-state index in [2.05, 4.69) is 254 Å². The molecule has 4 aliphatic rings. The molecular weight excluding hydrogens is 833 g/mol. The zero-order valence-corrected chi connectivity index (χ0v) is 38.7. The van der Waals surface area contributed by atoms with E-state index < -0.39 is 0 Å². The molecule has 14 rings (SSSR count). The molecule has 0 fully saturated rings. The van der Waals surface area contributed by atoms with Crippen molar-refractivity contribution in [3.8, 4) is 33.4 Å². The first-order valence-corrected chi connectivity index (χ1v) is 24.4. The fourth-order valence-electron chi connectivity index (χ4n) is 12.0. The molecule has 0 amide bonds. The predicted octanol–water partition coefficient (Wildman–Crippen LogP) is 18.5. The smallest absolute Gasteiger partial charge is 0.0534 e. The van der Waals surface area contributed by atoms with E-state index in [9.17, 15) is 0 Å². The molecule has 0 spiro atoms. The Labute approximate surface area is 403 Å². The molecule has 0 atom stereocenters. The summed E-state index contributed by atoms with van der Waals surface area (Å²) in [5, 5.41) is 7.37. The Morgan fingerprint density at radius 1 is 0.391 bits per heavy atom. The second kappa shape index (κ2) is 15.3. The zero-order valence-electron chi connectivity index (χ0n) is 38.7. The van der Waals surface area contributed by atoms with E-state index in [4.69, 9.17) is 0 Å². The number of hydrogen-bond donors (Lipinski definition) is 0. The Kier molecular flexibility index (Phi) is 8.79. The second-order valence-electron chi connectivity index (χ2n) is 19.6. The highest BCUT2D eigenvalue weighted by molar-refractivity contribution is 6.23. The molecule has 0 bridgehead atoms. The minimum absolute atomic E-state index is 0.155. The Bertz CT molecular complexity index is 3900. The van der Waals surface area contributed by atoms with Crippen LogP contribution in [0.2, 0.25) is 0 Å². The summed E-state index contributed by atoms with van der Waals surface area (Å²) < 4.78 is 0. The quantitative estimate of drug-likeness (QED) is 0.163. The lowest BCUT2D eigenvalue weighted by molar-refractivity contribution is 0.660. The van der Waals surface area contributed by atoms with E-state index in [0.717, 1.165) is 35.6 Å². The van der Waals surface area contributed by atoms with Gasteiger partial charge in [-0.2, -0.15) is 0 Å². The lowest BCUT2D eigenvalue weighted by Gasteiger charge is -2.30. The van der Waals surface area contributed by atoms with Crippen LogP contribution >= 0.6 is 0 Å². The molecule has 0 aromatic heterocycles. The van der Waals surface area contributed by atoms with Gasteiger partial charge >= 0.3 is 0 Å². The summed E-state index contributed by atoms with van der Waals surface area (Å²) in [4.78, 5) is 4.97. The molecule has 0 N–H and O–H groups in total. The van der Waals surface area contributed by atoms with Crippen molar-refractivity contribution in [2.45, 2.75) is 32.1 Å². The van der Waals surface area contributed by atoms with Crippen LogP contribution in [0.4, 0.5) is 28.4 Å². The van der Waals surface area contributed by atoms with Crippen LogP contribution < -0.4 is 9.80 Å². The first-order valence-electron chi connectivity index (χ1n) is 24.4. The summed E-state index contributed by atoms with van der Waals surface area (Å²) in [7, 11) is 0. The predicted molar refractivity (Wildman–Crippen MR) is 294 cm³/mol. The lowest BCUT2D eigenvalue weighted by Crippen LogP contribution is -2.18. The summed E-state index contributed by atoms with van der Waals surface area (Å²) in [6.07, 6.45) is 15.9. The molecule has 2 aliphatic heterocycles. The molecule has 2 heterocycles. The molecular formula is C67H48N2. The number of para-hydroxylation sites is 3. The molecule has 0 unspecified atom stereocenters. The van der Waals surface area contributed by atoms with Gasteiger partial charge in [-0.25, -0.2) is 0 Å². The fraction of sp³-hybridized carbons (Fsp3) is 0.0746. The number of anilines is 5. The Balaban J connectivity index is 1.10. The minimum Gasteiger partial charge on any atom is -0.310 e. The van der Waals surface area contributed by atoms with Gasteiger partial charge in [-0.05, 0) is 173 Å². The highest BCUT2D eigenvalue weighted by atomic mass is 15.2. The molecule has 2 heteroatoms. The van der Waals surface area contributed by atoms with Crippen LogP contribution in [0.3, 0.4) is 0 Å². The van der Waals surface area contributed by atoms with E-state index >= 15 is 0 Å². The van der Waals surface area contributed by atoms with Crippen LogP contribution in [0.5, 0.6) is 0 Å². The van der Waals surface area contributed by atoms with Gasteiger partial charge in [0, 0.05) is 22.5 Å². The SMILES string of the molecule is CC1(C)c2ccccc2-c2ccc(-c3c4ccc(N5c6ccccc6C=Cc6ccccc65)cc4c(-c4ccc5ccccc5c4)c4ccc(N5C6=C(C=Cc7ccccc75)CCC=C6)cc34)cc21. The summed E-state index contributed by atoms with van der Waals surface area (Å²) in [6.45, 7) is 4.79. The van der Waals surface area contributed by atoms with Gasteiger partial charge in [0.25, 0.3) is 0 Å². The van der Waals surface area contributed by atoms with Crippen LogP contribution in [-0.2, 0) is 5.41 Å². The fourth-order valence-corrected chi connectivity index (χ4v) is 12.0. The maximum atomic E-state index is 2.52. The van der Waals surface area contributed by atoms with Gasteiger partial charge in [-0.3, -0.25) is 0 Å². The molecule has 0 saturated carbocycles. The minimum atomic E-state index is -0.155. The number of rotatable bonds is 4. The van der Waals surface area contributed by atoms with Gasteiger partial charge in [0.05, 0.1) is 17.1 Å². The third-order valence-electron chi connectivity index (χ3n) is 15.4. The topological polar surface area (TPSA) is 6.48 Å². The van der Waals surface area contributed by atoms with Gasteiger partial charge in [0.2, 0.25) is 0 Å². The molecule has 326 valence electrons. The third kappa shape index (κ3) is 6.12. The summed E-state index contributed by atoms with van der Waals surface area (Å²) in [6, 6.07) is 73.1. The molecule has 2 aliphatic carbocycles. The first kappa shape index (κ1) is 39.7. The molecule has 10 aromatic rings. The standard InChI is InChI=1S/C67H48N2/c1-67(2)59-22-10-9-21-53(59)54-36-33-50(40-60(54)67)66-56-38-35-51(68-61-23-11-5-16-44(61)28-29-45-17-6-12-24-62(45)68)41-57(56)65(49-32-27-43-15-3-4-20-48(43)39-49)55-37-34-52(42-58(55)66)69-63-25-13-7-18-46(63)30-31-47-19-8-14-26-64(47)69/h3-7,9-18,20-42H,8,19H2,1-2H3. The van der Waals surface area contributed by atoms with Gasteiger partial charge in [0.1, 0.15) is 0 Å². The molecule has 69 heavy (non-hydrogen) atoms. The van der Waals surface area contributed by atoms with Crippen molar-refractivity contribution in [3.05, 3.63) is 251 Å². The molecule has 2 nitrogen and oxygen atoms in total. The average Bonchev–Trinajstić information content (AvgIpc) is 3.51. The van der Waals surface area contributed by atoms with Crippen LogP contribution in [0.15, 0.2) is 224 Å². The Hall–Kier alpha value is -8.46. The molecule has 0 saturated heterocycles. The van der Waals surface area contributed by atoms with E-state index in [1.54, 1.807) is 0 Å². The van der Waals surface area contributed by atoms with Crippen molar-refractivity contribution in [1.82, 2.24) is 0 Å². The van der Waals surface area contributed by atoms with Crippen molar-refractivity contribution in [1.29, 1.82) is 0 Å². The average molecular weight is 881 g/mol. The van der Waals surface area contributed by atoms with Crippen molar-refractivity contribution in [2.75, 3.05) is 9.80 Å². The highest BCUT2D eigenvalue weighted by Gasteiger charge is 2.36. The van der Waals surface area contributed by atoms with Crippen molar-refractivity contribution < 1.29 is 0 Å². The lowest BCUT2D eigenvalue weighted by atomic mass is 9.80. The number of hydrogen-bond acceptors (Lipinski definition) is 2. The normalized spacial score (nSPS) is 15.1. The number of fused-ring (bicyclic) bond motifs is 9. The van der Waals surface area contributed by atoms with Crippen molar-refractivity contribution in [3.63, 3.8) is 0 Å². The van der Waals surface area contributed by atoms with E-state index in [-0.39, 0.29) is 5.41 Å². The maximum absolute atomic E-state index is 2.52. The summed E-state index contributed by atoms with van der Waals surface area (Å²) in [5.41, 5.74) is 22.2. The van der Waals surface area contributed by atoms with E-state index in [0.29, 0.717) is 0 Å².